The van der Waals surface area contributed by atoms with Crippen molar-refractivity contribution in [2.24, 2.45) is 4.99 Å². The molecule has 2 aliphatic heterocycles. The van der Waals surface area contributed by atoms with Gasteiger partial charge in [0, 0.05) is 29.6 Å². The van der Waals surface area contributed by atoms with Crippen molar-refractivity contribution in [3.05, 3.63) is 47.8 Å². The summed E-state index contributed by atoms with van der Waals surface area (Å²) in [6.07, 6.45) is 1.82. The van der Waals surface area contributed by atoms with Crippen LogP contribution in [-0.4, -0.2) is 48.2 Å². The third-order valence-electron chi connectivity index (χ3n) is 4.94. The van der Waals surface area contributed by atoms with E-state index in [4.69, 9.17) is 19.2 Å². The van der Waals surface area contributed by atoms with Crippen molar-refractivity contribution in [3.63, 3.8) is 0 Å². The molecule has 0 bridgehead atoms. The van der Waals surface area contributed by atoms with Gasteiger partial charge in [0.15, 0.2) is 16.7 Å². The van der Waals surface area contributed by atoms with Crippen molar-refractivity contribution in [3.8, 4) is 17.2 Å². The van der Waals surface area contributed by atoms with E-state index in [-0.39, 0.29) is 12.1 Å². The van der Waals surface area contributed by atoms with E-state index in [2.05, 4.69) is 16.8 Å². The van der Waals surface area contributed by atoms with Crippen molar-refractivity contribution in [1.29, 1.82) is 0 Å². The van der Waals surface area contributed by atoms with E-state index < -0.39 is 0 Å². The van der Waals surface area contributed by atoms with E-state index in [1.54, 1.807) is 21.3 Å². The fraction of sp³-hybridized carbons (Fsp3) is 0.400. The Morgan fingerprint density at radius 3 is 2.44 bits per heavy atom. The van der Waals surface area contributed by atoms with Crippen molar-refractivity contribution in [2.45, 2.75) is 24.3 Å². The van der Waals surface area contributed by atoms with Gasteiger partial charge in [-0.1, -0.05) is 24.8 Å². The van der Waals surface area contributed by atoms with Crippen LogP contribution in [0.5, 0.6) is 17.2 Å². The minimum atomic E-state index is -0.0896. The van der Waals surface area contributed by atoms with Gasteiger partial charge >= 0.3 is 0 Å². The van der Waals surface area contributed by atoms with Crippen LogP contribution in [0.4, 0.5) is 0 Å². The summed E-state index contributed by atoms with van der Waals surface area (Å²) in [6, 6.07) is 9.76. The Labute approximate surface area is 163 Å². The lowest BCUT2D eigenvalue weighted by Gasteiger charge is -2.29. The zero-order valence-electron chi connectivity index (χ0n) is 15.9. The fourth-order valence-corrected chi connectivity index (χ4v) is 4.83. The third kappa shape index (κ3) is 3.10. The van der Waals surface area contributed by atoms with Crippen LogP contribution in [-0.2, 0) is 0 Å². The normalized spacial score (nSPS) is 23.8. The Balaban J connectivity index is 1.84. The third-order valence-corrected chi connectivity index (χ3v) is 6.04. The van der Waals surface area contributed by atoms with Gasteiger partial charge in [-0.15, -0.1) is 0 Å². The number of thioether (sulfide) groups is 1. The van der Waals surface area contributed by atoms with Crippen LogP contribution in [0.1, 0.15) is 30.3 Å². The first kappa shape index (κ1) is 18.0. The average Bonchev–Trinajstić information content (AvgIpc) is 3.23. The van der Waals surface area contributed by atoms with Crippen molar-refractivity contribution < 1.29 is 14.2 Å². The first-order valence-corrected chi connectivity index (χ1v) is 9.76. The van der Waals surface area contributed by atoms with Gasteiger partial charge in [0.1, 0.15) is 11.8 Å². The molecule has 0 aliphatic carbocycles. The minimum absolute atomic E-state index is 0.00195. The van der Waals surface area contributed by atoms with Gasteiger partial charge in [0.2, 0.25) is 0 Å². The van der Waals surface area contributed by atoms with Gasteiger partial charge in [-0.25, -0.2) is 0 Å². The summed E-state index contributed by atoms with van der Waals surface area (Å²) in [4.78, 5) is 12.0. The number of hydrogen-bond donors (Lipinski definition) is 0. The van der Waals surface area contributed by atoms with Gasteiger partial charge in [-0.3, -0.25) is 9.98 Å². The lowest BCUT2D eigenvalue weighted by Crippen LogP contribution is -2.29. The highest BCUT2D eigenvalue weighted by Gasteiger charge is 2.44. The first-order valence-electron chi connectivity index (χ1n) is 8.88. The molecular formula is C20H23N3O3S. The molecule has 1 aromatic carbocycles. The van der Waals surface area contributed by atoms with Crippen molar-refractivity contribution in [2.75, 3.05) is 27.9 Å². The molecule has 6 nitrogen and oxygen atoms in total. The lowest BCUT2D eigenvalue weighted by molar-refractivity contribution is 0.301. The van der Waals surface area contributed by atoms with E-state index in [0.29, 0.717) is 16.7 Å². The quantitative estimate of drug-likeness (QED) is 0.782. The molecule has 0 spiro atoms. The maximum atomic E-state index is 5.72. The molecule has 0 N–H and O–H groups in total. The standard InChI is InChI=1S/C20H23N3O3S/c1-12-11-23-19(13-9-16(25-3)17(26-4)10-15(13)24-2)18(22-20(23)27-12)14-7-5-6-8-21-14/h5-10,12,18-19H,11H2,1-4H3/t12-,18+,19-/m0/s1. The molecule has 3 heterocycles. The van der Waals surface area contributed by atoms with Crippen LogP contribution in [0, 0.1) is 0 Å². The van der Waals surface area contributed by atoms with Crippen LogP contribution in [0.3, 0.4) is 0 Å². The van der Waals surface area contributed by atoms with Gasteiger partial charge in [0.05, 0.1) is 33.1 Å². The van der Waals surface area contributed by atoms with Crippen LogP contribution in [0.25, 0.3) is 0 Å². The molecule has 0 saturated carbocycles. The maximum Gasteiger partial charge on any atom is 0.164 e. The maximum absolute atomic E-state index is 5.72. The molecule has 2 aliphatic rings. The van der Waals surface area contributed by atoms with Crippen molar-refractivity contribution in [1.82, 2.24) is 9.88 Å². The lowest BCUT2D eigenvalue weighted by atomic mass is 9.95. The second-order valence-electron chi connectivity index (χ2n) is 6.59. The SMILES string of the molecule is COc1cc(OC)c([C@H]2[C@@H](c3ccccn3)N=C3S[C@@H](C)CN32)cc1OC. The van der Waals surface area contributed by atoms with Crippen LogP contribution < -0.4 is 14.2 Å². The van der Waals surface area contributed by atoms with E-state index in [1.807, 2.05) is 48.3 Å². The van der Waals surface area contributed by atoms with Gasteiger partial charge in [-0.05, 0) is 18.2 Å². The first-order chi connectivity index (χ1) is 13.2. The molecule has 2 aromatic rings. The summed E-state index contributed by atoms with van der Waals surface area (Å²) < 4.78 is 16.7. The number of aromatic nitrogens is 1. The number of fused-ring (bicyclic) bond motifs is 1. The van der Waals surface area contributed by atoms with E-state index in [9.17, 15) is 0 Å². The van der Waals surface area contributed by atoms with E-state index >= 15 is 0 Å². The zero-order valence-corrected chi connectivity index (χ0v) is 16.7. The molecule has 0 amide bonds. The number of ether oxygens (including phenoxy) is 3. The summed E-state index contributed by atoms with van der Waals surface area (Å²) >= 11 is 1.82. The van der Waals surface area contributed by atoms with Crippen LogP contribution in [0.2, 0.25) is 0 Å². The number of nitrogens with zero attached hydrogens (tertiary/aromatic N) is 3. The fourth-order valence-electron chi connectivity index (χ4n) is 3.74. The Morgan fingerprint density at radius 1 is 1.04 bits per heavy atom. The van der Waals surface area contributed by atoms with Gasteiger partial charge < -0.3 is 19.1 Å². The highest BCUT2D eigenvalue weighted by molar-refractivity contribution is 8.14. The Hall–Kier alpha value is -2.41. The summed E-state index contributed by atoms with van der Waals surface area (Å²) in [7, 11) is 4.95. The topological polar surface area (TPSA) is 56.2 Å². The van der Waals surface area contributed by atoms with Crippen LogP contribution in [0.15, 0.2) is 41.5 Å². The molecule has 4 rings (SSSR count). The second kappa shape index (κ2) is 7.31. The molecule has 142 valence electrons. The average molecular weight is 385 g/mol. The Kier molecular flexibility index (Phi) is 4.86. The van der Waals surface area contributed by atoms with Gasteiger partial charge in [-0.2, -0.15) is 0 Å². The highest BCUT2D eigenvalue weighted by Crippen LogP contribution is 2.51. The van der Waals surface area contributed by atoms with Crippen molar-refractivity contribution >= 4 is 16.9 Å². The largest absolute Gasteiger partial charge is 0.496 e. The Bertz CT molecular complexity index is 859. The second-order valence-corrected chi connectivity index (χ2v) is 7.99. The van der Waals surface area contributed by atoms with E-state index in [0.717, 1.165) is 28.7 Å². The zero-order chi connectivity index (χ0) is 19.0. The number of rotatable bonds is 5. The smallest absolute Gasteiger partial charge is 0.164 e. The Morgan fingerprint density at radius 2 is 1.78 bits per heavy atom. The minimum Gasteiger partial charge on any atom is -0.496 e. The summed E-state index contributed by atoms with van der Waals surface area (Å²) in [5.41, 5.74) is 1.98. The molecule has 1 aromatic heterocycles. The number of aliphatic imine (C=N–C) groups is 1. The summed E-state index contributed by atoms with van der Waals surface area (Å²) in [5.74, 6) is 2.09. The monoisotopic (exact) mass is 385 g/mol. The predicted molar refractivity (Wildman–Crippen MR) is 107 cm³/mol. The molecular weight excluding hydrogens is 362 g/mol. The molecule has 1 saturated heterocycles. The molecule has 1 fully saturated rings. The van der Waals surface area contributed by atoms with Gasteiger partial charge in [0.25, 0.3) is 0 Å². The number of methoxy groups -OCH3 is 3. The molecule has 27 heavy (non-hydrogen) atoms. The summed E-state index contributed by atoms with van der Waals surface area (Å²) in [5, 5.41) is 1.57. The highest BCUT2D eigenvalue weighted by atomic mass is 32.2. The number of pyridine rings is 1. The number of hydrogen-bond acceptors (Lipinski definition) is 7. The molecule has 3 atom stereocenters. The molecule has 0 radical (unpaired) electrons. The number of amidine groups is 1. The molecule has 0 unspecified atom stereocenters. The summed E-state index contributed by atoms with van der Waals surface area (Å²) in [6.45, 7) is 3.17. The predicted octanol–water partition coefficient (Wildman–Crippen LogP) is 3.70. The van der Waals surface area contributed by atoms with E-state index in [1.165, 1.54) is 0 Å². The molecule has 7 heteroatoms. The van der Waals surface area contributed by atoms with Crippen LogP contribution >= 0.6 is 11.8 Å². The number of benzene rings is 1.